The maximum absolute atomic E-state index is 12.0. The molecular formula is C23H17Br2Cl2N3O3. The van der Waals surface area contributed by atoms with Crippen LogP contribution in [0.15, 0.2) is 74.7 Å². The first kappa shape index (κ1) is 25.2. The van der Waals surface area contributed by atoms with E-state index in [4.69, 9.17) is 27.9 Å². The van der Waals surface area contributed by atoms with E-state index in [1.54, 1.807) is 48.5 Å². The lowest BCUT2D eigenvalue weighted by atomic mass is 10.2. The Kier molecular flexibility index (Phi) is 9.31. The van der Waals surface area contributed by atoms with Crippen molar-refractivity contribution < 1.29 is 14.3 Å². The number of nitrogens with one attached hydrogen (secondary N) is 2. The van der Waals surface area contributed by atoms with E-state index in [-0.39, 0.29) is 6.42 Å². The number of carbonyl (C=O) groups is 2. The van der Waals surface area contributed by atoms with E-state index in [9.17, 15) is 9.59 Å². The van der Waals surface area contributed by atoms with Crippen LogP contribution in [0.1, 0.15) is 17.5 Å². The molecule has 0 spiro atoms. The van der Waals surface area contributed by atoms with Crippen molar-refractivity contribution in [2.24, 2.45) is 5.10 Å². The molecule has 170 valence electrons. The second-order valence-corrected chi connectivity index (χ2v) is 9.25. The summed E-state index contributed by atoms with van der Waals surface area (Å²) in [5, 5.41) is 7.52. The number of nitrogens with zero attached hydrogens (tertiary/aromatic N) is 1. The van der Waals surface area contributed by atoms with Crippen molar-refractivity contribution in [3.05, 3.63) is 90.8 Å². The average molecular weight is 614 g/mol. The van der Waals surface area contributed by atoms with Gasteiger partial charge in [0.25, 0.3) is 0 Å². The molecule has 0 aliphatic rings. The summed E-state index contributed by atoms with van der Waals surface area (Å²) in [4.78, 5) is 24.0. The lowest BCUT2D eigenvalue weighted by molar-refractivity contribution is -0.126. The number of benzene rings is 3. The summed E-state index contributed by atoms with van der Waals surface area (Å²) in [6.07, 6.45) is 1.11. The molecule has 0 aliphatic carbocycles. The molecule has 0 aliphatic heterocycles. The molecule has 0 radical (unpaired) electrons. The molecule has 0 unspecified atom stereocenters. The first-order valence-corrected chi connectivity index (χ1v) is 11.9. The smallest absolute Gasteiger partial charge is 0.249 e. The topological polar surface area (TPSA) is 79.8 Å². The Balaban J connectivity index is 1.49. The molecule has 6 nitrogen and oxygen atoms in total. The maximum Gasteiger partial charge on any atom is 0.249 e. The molecule has 0 aromatic heterocycles. The van der Waals surface area contributed by atoms with Gasteiger partial charge in [0.1, 0.15) is 18.8 Å². The van der Waals surface area contributed by atoms with Crippen LogP contribution in [0.5, 0.6) is 5.75 Å². The zero-order valence-electron chi connectivity index (χ0n) is 16.9. The first-order valence-electron chi connectivity index (χ1n) is 9.54. The fourth-order valence-corrected chi connectivity index (χ4v) is 3.84. The molecule has 10 heteroatoms. The minimum atomic E-state index is -0.531. The minimum Gasteiger partial charge on any atom is -0.488 e. The highest BCUT2D eigenvalue weighted by Crippen LogP contribution is 2.28. The molecule has 2 amide bonds. The Morgan fingerprint density at radius 2 is 1.73 bits per heavy atom. The lowest BCUT2D eigenvalue weighted by Gasteiger charge is -2.09. The highest BCUT2D eigenvalue weighted by atomic mass is 79.9. The van der Waals surface area contributed by atoms with Crippen molar-refractivity contribution in [1.82, 2.24) is 5.43 Å². The second-order valence-electron chi connectivity index (χ2n) is 6.72. The molecule has 0 saturated carbocycles. The second kappa shape index (κ2) is 12.2. The Morgan fingerprint density at radius 3 is 2.45 bits per heavy atom. The molecule has 33 heavy (non-hydrogen) atoms. The Morgan fingerprint density at radius 1 is 0.939 bits per heavy atom. The summed E-state index contributed by atoms with van der Waals surface area (Å²) < 4.78 is 7.25. The van der Waals surface area contributed by atoms with Crippen molar-refractivity contribution in [3.8, 4) is 5.75 Å². The van der Waals surface area contributed by atoms with Crippen LogP contribution < -0.4 is 15.5 Å². The molecule has 3 aromatic rings. The van der Waals surface area contributed by atoms with Crippen LogP contribution in [0.25, 0.3) is 0 Å². The van der Waals surface area contributed by atoms with Crippen molar-refractivity contribution in [2.45, 2.75) is 13.0 Å². The molecule has 2 N–H and O–H groups in total. The van der Waals surface area contributed by atoms with Crippen LogP contribution in [0.3, 0.4) is 0 Å². The number of hydrogen-bond donors (Lipinski definition) is 2. The molecule has 0 atom stereocenters. The number of amides is 2. The van der Waals surface area contributed by atoms with E-state index >= 15 is 0 Å². The van der Waals surface area contributed by atoms with Gasteiger partial charge in [-0.3, -0.25) is 9.59 Å². The maximum atomic E-state index is 12.0. The van der Waals surface area contributed by atoms with Crippen LogP contribution in [0, 0.1) is 0 Å². The highest BCUT2D eigenvalue weighted by Gasteiger charge is 2.10. The van der Waals surface area contributed by atoms with Crippen LogP contribution in [-0.4, -0.2) is 18.0 Å². The molecule has 3 aromatic carbocycles. The summed E-state index contributed by atoms with van der Waals surface area (Å²) in [6, 6.07) is 17.8. The van der Waals surface area contributed by atoms with E-state index in [1.807, 2.05) is 12.1 Å². The fraction of sp³-hybridized carbons (Fsp3) is 0.0870. The number of anilines is 1. The van der Waals surface area contributed by atoms with Gasteiger partial charge in [-0.15, -0.1) is 0 Å². The van der Waals surface area contributed by atoms with E-state index in [2.05, 4.69) is 47.7 Å². The van der Waals surface area contributed by atoms with Crippen LogP contribution in [0.2, 0.25) is 10.0 Å². The van der Waals surface area contributed by atoms with Gasteiger partial charge in [-0.1, -0.05) is 41.4 Å². The van der Waals surface area contributed by atoms with E-state index < -0.39 is 11.8 Å². The third-order valence-electron chi connectivity index (χ3n) is 4.21. The zero-order valence-corrected chi connectivity index (χ0v) is 21.6. The van der Waals surface area contributed by atoms with Crippen molar-refractivity contribution in [1.29, 1.82) is 0 Å². The predicted octanol–water partition coefficient (Wildman–Crippen LogP) is 6.58. The first-order chi connectivity index (χ1) is 15.8. The number of halogens is 4. The Bertz CT molecular complexity index is 1210. The summed E-state index contributed by atoms with van der Waals surface area (Å²) in [5.41, 5.74) is 4.54. The van der Waals surface area contributed by atoms with Gasteiger partial charge in [-0.2, -0.15) is 5.10 Å². The van der Waals surface area contributed by atoms with E-state index in [1.165, 1.54) is 6.21 Å². The largest absolute Gasteiger partial charge is 0.488 e. The van der Waals surface area contributed by atoms with Gasteiger partial charge >= 0.3 is 0 Å². The van der Waals surface area contributed by atoms with Gasteiger partial charge < -0.3 is 10.1 Å². The summed E-state index contributed by atoms with van der Waals surface area (Å²) in [7, 11) is 0. The zero-order chi connectivity index (χ0) is 23.8. The van der Waals surface area contributed by atoms with E-state index in [0.717, 1.165) is 15.6 Å². The Labute approximate surface area is 217 Å². The quantitative estimate of drug-likeness (QED) is 0.171. The predicted molar refractivity (Wildman–Crippen MR) is 138 cm³/mol. The standard InChI is InChI=1S/C23H17Br2Cl2N3O3/c24-16-3-1-2-4-20(16)29-22(31)11-23(32)30-28-12-14-6-8-21(17(25)9-14)33-13-15-5-7-18(26)19(27)10-15/h1-10,12H,11,13H2,(H,29,31)(H,30,32). The summed E-state index contributed by atoms with van der Waals surface area (Å²) in [5.74, 6) is -0.344. The number of hydrazone groups is 1. The molecule has 0 saturated heterocycles. The van der Waals surface area contributed by atoms with Crippen molar-refractivity contribution in [3.63, 3.8) is 0 Å². The summed E-state index contributed by atoms with van der Waals surface area (Å²) in [6.45, 7) is 0.320. The minimum absolute atomic E-state index is 0.320. The molecule has 0 fully saturated rings. The fourth-order valence-electron chi connectivity index (χ4n) is 2.63. The normalized spacial score (nSPS) is 10.8. The molecule has 0 bridgehead atoms. The van der Waals surface area contributed by atoms with Gasteiger partial charge in [-0.05, 0) is 85.5 Å². The molecule has 0 heterocycles. The van der Waals surface area contributed by atoms with Crippen molar-refractivity contribution in [2.75, 3.05) is 5.32 Å². The van der Waals surface area contributed by atoms with E-state index in [0.29, 0.717) is 32.6 Å². The van der Waals surface area contributed by atoms with Gasteiger partial charge in [0.15, 0.2) is 0 Å². The van der Waals surface area contributed by atoms with Crippen molar-refractivity contribution >= 4 is 78.8 Å². The number of ether oxygens (including phenoxy) is 1. The highest BCUT2D eigenvalue weighted by molar-refractivity contribution is 9.11. The monoisotopic (exact) mass is 611 g/mol. The average Bonchev–Trinajstić information content (AvgIpc) is 2.77. The molecular weight excluding hydrogens is 597 g/mol. The molecule has 3 rings (SSSR count). The van der Waals surface area contributed by atoms with Gasteiger partial charge in [0.2, 0.25) is 11.8 Å². The number of para-hydroxylation sites is 1. The SMILES string of the molecule is O=C(CC(=O)Nc1ccccc1Br)NN=Cc1ccc(OCc2ccc(Cl)c(Cl)c2)c(Br)c1. The lowest BCUT2D eigenvalue weighted by Crippen LogP contribution is -2.24. The van der Waals surface area contributed by atoms with Crippen LogP contribution >= 0.6 is 55.1 Å². The number of carbonyl (C=O) groups excluding carboxylic acids is 2. The third-order valence-corrected chi connectivity index (χ3v) is 6.26. The number of rotatable bonds is 8. The third kappa shape index (κ3) is 7.85. The van der Waals surface area contributed by atoms with Gasteiger partial charge in [0, 0.05) is 4.47 Å². The van der Waals surface area contributed by atoms with Gasteiger partial charge in [0.05, 0.1) is 26.4 Å². The van der Waals surface area contributed by atoms with Crippen LogP contribution in [-0.2, 0) is 16.2 Å². The summed E-state index contributed by atoms with van der Waals surface area (Å²) >= 11 is 18.7. The van der Waals surface area contributed by atoms with Gasteiger partial charge in [-0.25, -0.2) is 5.43 Å². The number of hydrogen-bond acceptors (Lipinski definition) is 4. The van der Waals surface area contributed by atoms with Crippen LogP contribution in [0.4, 0.5) is 5.69 Å². The Hall–Kier alpha value is -2.39.